The van der Waals surface area contributed by atoms with E-state index in [0.29, 0.717) is 11.1 Å². The van der Waals surface area contributed by atoms with Gasteiger partial charge in [-0.2, -0.15) is 0 Å². The zero-order chi connectivity index (χ0) is 15.5. The lowest BCUT2D eigenvalue weighted by Gasteiger charge is -2.11. The number of hydroxylamine groups is 2. The van der Waals surface area contributed by atoms with E-state index in [4.69, 9.17) is 4.84 Å². The molecule has 1 heterocycles. The van der Waals surface area contributed by atoms with Gasteiger partial charge in [0.15, 0.2) is 0 Å². The minimum atomic E-state index is -0.426. The maximum absolute atomic E-state index is 12.0. The van der Waals surface area contributed by atoms with Crippen LogP contribution in [0.15, 0.2) is 36.4 Å². The van der Waals surface area contributed by atoms with Gasteiger partial charge in [-0.25, -0.2) is 0 Å². The Balaban J connectivity index is 1.94. The van der Waals surface area contributed by atoms with Crippen molar-refractivity contribution in [2.24, 2.45) is 5.41 Å². The number of carbonyl (C=O) groups is 2. The van der Waals surface area contributed by atoms with Gasteiger partial charge in [-0.05, 0) is 45.1 Å². The molecular weight excluding hydrogens is 266 g/mol. The van der Waals surface area contributed by atoms with Crippen molar-refractivity contribution in [3.63, 3.8) is 0 Å². The van der Waals surface area contributed by atoms with Crippen molar-refractivity contribution in [1.29, 1.82) is 0 Å². The van der Waals surface area contributed by atoms with E-state index in [2.05, 4.69) is 11.8 Å². The summed E-state index contributed by atoms with van der Waals surface area (Å²) in [6.07, 6.45) is 3.33. The molecule has 4 nitrogen and oxygen atoms in total. The minimum Gasteiger partial charge on any atom is -0.266 e. The second-order valence-corrected chi connectivity index (χ2v) is 5.67. The molecule has 0 saturated carbocycles. The number of benzene rings is 1. The largest absolute Gasteiger partial charge is 0.285 e. The zero-order valence-electron chi connectivity index (χ0n) is 12.3. The molecule has 1 aromatic rings. The van der Waals surface area contributed by atoms with Gasteiger partial charge in [-0.15, -0.1) is 5.06 Å². The summed E-state index contributed by atoms with van der Waals surface area (Å²) in [6, 6.07) is 6.66. The fourth-order valence-corrected chi connectivity index (χ4v) is 1.77. The fraction of sp³-hybridized carbons (Fsp3) is 0.294. The monoisotopic (exact) mass is 283 g/mol. The maximum Gasteiger partial charge on any atom is 0.285 e. The van der Waals surface area contributed by atoms with Crippen LogP contribution in [0.3, 0.4) is 0 Å². The molecule has 0 spiro atoms. The maximum atomic E-state index is 12.0. The molecule has 21 heavy (non-hydrogen) atoms. The number of hydrogen-bond acceptors (Lipinski definition) is 3. The Kier molecular flexibility index (Phi) is 4.25. The van der Waals surface area contributed by atoms with Crippen LogP contribution in [0.1, 0.15) is 41.5 Å². The first-order valence-corrected chi connectivity index (χ1v) is 6.68. The van der Waals surface area contributed by atoms with Crippen LogP contribution in [-0.2, 0) is 4.84 Å². The second kappa shape index (κ2) is 5.94. The summed E-state index contributed by atoms with van der Waals surface area (Å²) in [5.74, 6) is 5.08. The topological polar surface area (TPSA) is 46.6 Å². The van der Waals surface area contributed by atoms with Crippen molar-refractivity contribution >= 4 is 11.8 Å². The average molecular weight is 283 g/mol. The molecule has 108 valence electrons. The summed E-state index contributed by atoms with van der Waals surface area (Å²) in [4.78, 5) is 29.2. The standard InChI is InChI=1S/C17H17NO3/c1-17(2,3)11-7-4-8-12-21-18-15(19)13-9-5-6-10-14(13)16(18)20/h4-6,8-10H,12H2,1-3H3. The van der Waals surface area contributed by atoms with E-state index in [1.54, 1.807) is 36.4 Å². The highest BCUT2D eigenvalue weighted by atomic mass is 16.7. The van der Waals surface area contributed by atoms with E-state index >= 15 is 0 Å². The van der Waals surface area contributed by atoms with Gasteiger partial charge in [-0.3, -0.25) is 14.4 Å². The molecule has 0 aliphatic carbocycles. The first-order chi connectivity index (χ1) is 9.90. The number of carbonyl (C=O) groups excluding carboxylic acids is 2. The molecule has 0 atom stereocenters. The Labute approximate surface area is 124 Å². The average Bonchev–Trinajstić information content (AvgIpc) is 2.66. The first kappa shape index (κ1) is 15.0. The fourth-order valence-electron chi connectivity index (χ4n) is 1.77. The molecule has 4 heteroatoms. The number of rotatable bonds is 3. The lowest BCUT2D eigenvalue weighted by molar-refractivity contribution is -0.0801. The molecule has 2 rings (SSSR count). The van der Waals surface area contributed by atoms with E-state index in [1.165, 1.54) is 0 Å². The molecule has 0 aromatic heterocycles. The molecule has 0 bridgehead atoms. The van der Waals surface area contributed by atoms with Crippen LogP contribution in [0.25, 0.3) is 0 Å². The van der Waals surface area contributed by atoms with Crippen LogP contribution in [0.4, 0.5) is 0 Å². The summed E-state index contributed by atoms with van der Waals surface area (Å²) in [5.41, 5.74) is 0.686. The Hall–Kier alpha value is -2.38. The van der Waals surface area contributed by atoms with Gasteiger partial charge in [-0.1, -0.05) is 24.0 Å². The third kappa shape index (κ3) is 3.59. The summed E-state index contributed by atoms with van der Waals surface area (Å²) < 4.78 is 0. The number of imide groups is 1. The highest BCUT2D eigenvalue weighted by molar-refractivity contribution is 6.20. The van der Waals surface area contributed by atoms with E-state index in [-0.39, 0.29) is 12.0 Å². The van der Waals surface area contributed by atoms with Crippen molar-refractivity contribution in [2.45, 2.75) is 20.8 Å². The number of hydrogen-bond donors (Lipinski definition) is 0. The molecule has 1 aromatic carbocycles. The molecule has 0 N–H and O–H groups in total. The quantitative estimate of drug-likeness (QED) is 0.633. The van der Waals surface area contributed by atoms with Crippen molar-refractivity contribution in [1.82, 2.24) is 5.06 Å². The van der Waals surface area contributed by atoms with Crippen LogP contribution in [0.2, 0.25) is 0 Å². The molecule has 0 unspecified atom stereocenters. The van der Waals surface area contributed by atoms with Gasteiger partial charge in [0.1, 0.15) is 0 Å². The molecular formula is C17H17NO3. The highest BCUT2D eigenvalue weighted by Gasteiger charge is 2.36. The van der Waals surface area contributed by atoms with Crippen molar-refractivity contribution in [3.8, 4) is 11.8 Å². The minimum absolute atomic E-state index is 0.0618. The van der Waals surface area contributed by atoms with E-state index < -0.39 is 11.8 Å². The molecule has 0 saturated heterocycles. The Morgan fingerprint density at radius 2 is 1.71 bits per heavy atom. The van der Waals surface area contributed by atoms with Gasteiger partial charge in [0, 0.05) is 5.41 Å². The van der Waals surface area contributed by atoms with Gasteiger partial charge < -0.3 is 0 Å². The Morgan fingerprint density at radius 1 is 1.14 bits per heavy atom. The predicted octanol–water partition coefficient (Wildman–Crippen LogP) is 2.82. The normalized spacial score (nSPS) is 14.3. The SMILES string of the molecule is CC(C)(C)C#CC=CCON1C(=O)c2ccccc2C1=O. The van der Waals surface area contributed by atoms with Crippen molar-refractivity contribution in [2.75, 3.05) is 6.61 Å². The van der Waals surface area contributed by atoms with Gasteiger partial charge in [0.05, 0.1) is 17.7 Å². The highest BCUT2D eigenvalue weighted by Crippen LogP contribution is 2.22. The number of nitrogens with zero attached hydrogens (tertiary/aromatic N) is 1. The molecule has 1 aliphatic heterocycles. The van der Waals surface area contributed by atoms with Gasteiger partial charge in [0.25, 0.3) is 11.8 Å². The van der Waals surface area contributed by atoms with Crippen LogP contribution >= 0.6 is 0 Å². The molecule has 1 aliphatic rings. The first-order valence-electron chi connectivity index (χ1n) is 6.68. The number of fused-ring (bicyclic) bond motifs is 1. The van der Waals surface area contributed by atoms with Crippen molar-refractivity contribution < 1.29 is 14.4 Å². The third-order valence-electron chi connectivity index (χ3n) is 2.71. The molecule has 0 fully saturated rings. The van der Waals surface area contributed by atoms with Gasteiger partial charge in [0.2, 0.25) is 0 Å². The zero-order valence-corrected chi connectivity index (χ0v) is 12.3. The molecule has 2 amide bonds. The lowest BCUT2D eigenvalue weighted by atomic mass is 9.98. The Bertz CT molecular complexity index is 622. The van der Waals surface area contributed by atoms with Crippen molar-refractivity contribution in [3.05, 3.63) is 47.5 Å². The van der Waals surface area contributed by atoms with E-state index in [9.17, 15) is 9.59 Å². The van der Waals surface area contributed by atoms with Crippen LogP contribution in [-0.4, -0.2) is 23.5 Å². The van der Waals surface area contributed by atoms with Crippen LogP contribution in [0.5, 0.6) is 0 Å². The number of allylic oxidation sites excluding steroid dienone is 1. The summed E-state index contributed by atoms with van der Waals surface area (Å²) in [7, 11) is 0. The van der Waals surface area contributed by atoms with Crippen LogP contribution in [0, 0.1) is 17.3 Å². The lowest BCUT2D eigenvalue weighted by Crippen LogP contribution is -2.30. The van der Waals surface area contributed by atoms with Gasteiger partial charge >= 0.3 is 0 Å². The van der Waals surface area contributed by atoms with Crippen LogP contribution < -0.4 is 0 Å². The molecule has 0 radical (unpaired) electrons. The summed E-state index contributed by atoms with van der Waals surface area (Å²) in [5, 5.41) is 0.798. The van der Waals surface area contributed by atoms with E-state index in [0.717, 1.165) is 5.06 Å². The second-order valence-electron chi connectivity index (χ2n) is 5.67. The smallest absolute Gasteiger partial charge is 0.266 e. The Morgan fingerprint density at radius 3 is 2.24 bits per heavy atom. The number of amides is 2. The predicted molar refractivity (Wildman–Crippen MR) is 79.3 cm³/mol. The third-order valence-corrected chi connectivity index (χ3v) is 2.71. The summed E-state index contributed by atoms with van der Waals surface area (Å²) >= 11 is 0. The summed E-state index contributed by atoms with van der Waals surface area (Å²) in [6.45, 7) is 6.17. The van der Waals surface area contributed by atoms with E-state index in [1.807, 2.05) is 20.8 Å².